The number of benzene rings is 2. The number of ether oxygens (including phenoxy) is 1. The number of hydrogen-bond donors (Lipinski definition) is 4. The first kappa shape index (κ1) is 43.3. The third-order valence-electron chi connectivity index (χ3n) is 9.42. The maximum absolute atomic E-state index is 14.1. The van der Waals surface area contributed by atoms with E-state index in [0.717, 1.165) is 30.5 Å². The molecule has 11 heteroatoms. The van der Waals surface area contributed by atoms with Gasteiger partial charge in [0.2, 0.25) is 23.6 Å². The highest BCUT2D eigenvalue weighted by Crippen LogP contribution is 2.29. The van der Waals surface area contributed by atoms with Crippen molar-refractivity contribution in [1.82, 2.24) is 26.2 Å². The van der Waals surface area contributed by atoms with Crippen molar-refractivity contribution in [3.05, 3.63) is 71.8 Å². The Balaban J connectivity index is 1.78. The molecule has 292 valence electrons. The molecule has 0 unspecified atom stereocenters. The van der Waals surface area contributed by atoms with Gasteiger partial charge in [0.25, 0.3) is 0 Å². The number of Topliss-reactive ketones (excluding diaryl/α,β-unsaturated/α-hetero) is 1. The minimum Gasteiger partial charge on any atom is -0.361 e. The smallest absolute Gasteiger partial charge is 0.243 e. The average Bonchev–Trinajstić information content (AvgIpc) is 3.87. The highest BCUT2D eigenvalue weighted by molar-refractivity contribution is 5.98. The first-order valence-corrected chi connectivity index (χ1v) is 19.3. The summed E-state index contributed by atoms with van der Waals surface area (Å²) in [6.45, 7) is 10.8. The van der Waals surface area contributed by atoms with E-state index in [0.29, 0.717) is 45.1 Å². The molecule has 0 aliphatic carbocycles. The molecule has 3 rings (SSSR count). The number of ketones is 1. The molecule has 0 saturated carbocycles. The van der Waals surface area contributed by atoms with Crippen molar-refractivity contribution in [3.8, 4) is 0 Å². The SMILES string of the molecule is CC(C)C[C@H](NC(=O)[C@H](CCc1ccccc1)NC(=O)CCCCCN(C)C)C(=O)N[C@@H](Cc1ccccc1)C(=O)N[C@@H](CC(C)C)C(=O)[C@@]1(C)CO1. The van der Waals surface area contributed by atoms with Crippen LogP contribution in [0.4, 0.5) is 0 Å². The van der Waals surface area contributed by atoms with Crippen molar-refractivity contribution in [1.29, 1.82) is 0 Å². The van der Waals surface area contributed by atoms with Gasteiger partial charge >= 0.3 is 0 Å². The van der Waals surface area contributed by atoms with Crippen LogP contribution in [0.15, 0.2) is 60.7 Å². The topological polar surface area (TPSA) is 149 Å². The summed E-state index contributed by atoms with van der Waals surface area (Å²) < 4.78 is 5.41. The maximum atomic E-state index is 14.1. The largest absolute Gasteiger partial charge is 0.361 e. The van der Waals surface area contributed by atoms with Crippen LogP contribution in [0.3, 0.4) is 0 Å². The Bertz CT molecular complexity index is 1460. The first-order chi connectivity index (χ1) is 25.2. The van der Waals surface area contributed by atoms with Gasteiger partial charge in [-0.05, 0) is 89.1 Å². The van der Waals surface area contributed by atoms with Crippen LogP contribution in [0.2, 0.25) is 0 Å². The van der Waals surface area contributed by atoms with Crippen molar-refractivity contribution in [2.75, 3.05) is 27.2 Å². The van der Waals surface area contributed by atoms with Gasteiger partial charge < -0.3 is 30.9 Å². The molecule has 4 N–H and O–H groups in total. The van der Waals surface area contributed by atoms with Gasteiger partial charge in [-0.25, -0.2) is 0 Å². The van der Waals surface area contributed by atoms with Gasteiger partial charge in [0.15, 0.2) is 5.78 Å². The summed E-state index contributed by atoms with van der Waals surface area (Å²) in [5.41, 5.74) is 0.939. The molecule has 0 bridgehead atoms. The van der Waals surface area contributed by atoms with E-state index in [-0.39, 0.29) is 29.9 Å². The van der Waals surface area contributed by atoms with Gasteiger partial charge in [-0.15, -0.1) is 0 Å². The zero-order chi connectivity index (χ0) is 39.0. The molecule has 2 aromatic carbocycles. The van der Waals surface area contributed by atoms with E-state index in [9.17, 15) is 24.0 Å². The summed E-state index contributed by atoms with van der Waals surface area (Å²) in [6, 6.07) is 15.5. The third-order valence-corrected chi connectivity index (χ3v) is 9.42. The van der Waals surface area contributed by atoms with Crippen LogP contribution in [0, 0.1) is 11.8 Å². The molecule has 1 saturated heterocycles. The van der Waals surface area contributed by atoms with Crippen LogP contribution in [0.25, 0.3) is 0 Å². The molecule has 0 aromatic heterocycles. The van der Waals surface area contributed by atoms with Gasteiger partial charge in [0.1, 0.15) is 23.7 Å². The predicted molar refractivity (Wildman–Crippen MR) is 208 cm³/mol. The summed E-state index contributed by atoms with van der Waals surface area (Å²) in [5, 5.41) is 11.7. The Morgan fingerprint density at radius 1 is 0.679 bits per heavy atom. The van der Waals surface area contributed by atoms with Gasteiger partial charge in [-0.2, -0.15) is 0 Å². The van der Waals surface area contributed by atoms with Crippen molar-refractivity contribution >= 4 is 29.4 Å². The summed E-state index contributed by atoms with van der Waals surface area (Å²) in [6.07, 6.45) is 4.73. The third kappa shape index (κ3) is 15.8. The number of carbonyl (C=O) groups excluding carboxylic acids is 5. The summed E-state index contributed by atoms with van der Waals surface area (Å²) >= 11 is 0. The molecule has 1 heterocycles. The van der Waals surface area contributed by atoms with Crippen molar-refractivity contribution in [3.63, 3.8) is 0 Å². The first-order valence-electron chi connectivity index (χ1n) is 19.3. The van der Waals surface area contributed by atoms with E-state index >= 15 is 0 Å². The normalized spacial score (nSPS) is 17.5. The van der Waals surface area contributed by atoms with E-state index in [2.05, 4.69) is 26.2 Å². The lowest BCUT2D eigenvalue weighted by atomic mass is 9.93. The fourth-order valence-electron chi connectivity index (χ4n) is 6.28. The minimum atomic E-state index is -1.02. The second-order valence-corrected chi connectivity index (χ2v) is 15.8. The molecule has 0 radical (unpaired) electrons. The maximum Gasteiger partial charge on any atom is 0.243 e. The van der Waals surface area contributed by atoms with Crippen LogP contribution < -0.4 is 21.3 Å². The summed E-state index contributed by atoms with van der Waals surface area (Å²) in [7, 11) is 4.04. The van der Waals surface area contributed by atoms with Crippen LogP contribution in [-0.2, 0) is 41.6 Å². The lowest BCUT2D eigenvalue weighted by Crippen LogP contribution is -2.59. The van der Waals surface area contributed by atoms with Gasteiger partial charge in [0.05, 0.1) is 12.6 Å². The van der Waals surface area contributed by atoms with Crippen molar-refractivity contribution < 1.29 is 28.7 Å². The predicted octanol–water partition coefficient (Wildman–Crippen LogP) is 4.37. The van der Waals surface area contributed by atoms with Crippen LogP contribution in [-0.4, -0.2) is 91.3 Å². The number of aryl methyl sites for hydroxylation is 1. The van der Waals surface area contributed by atoms with E-state index in [4.69, 9.17) is 4.74 Å². The zero-order valence-corrected chi connectivity index (χ0v) is 32.9. The van der Waals surface area contributed by atoms with E-state index in [1.807, 2.05) is 102 Å². The number of rotatable bonds is 24. The molecule has 1 aliphatic heterocycles. The Labute approximate surface area is 316 Å². The molecule has 4 amide bonds. The molecule has 0 spiro atoms. The van der Waals surface area contributed by atoms with Crippen LogP contribution in [0.5, 0.6) is 0 Å². The molecule has 1 aliphatic rings. The molecule has 1 fully saturated rings. The Morgan fingerprint density at radius 3 is 1.75 bits per heavy atom. The van der Waals surface area contributed by atoms with Crippen LogP contribution in [0.1, 0.15) is 90.7 Å². The zero-order valence-electron chi connectivity index (χ0n) is 32.9. The van der Waals surface area contributed by atoms with E-state index in [1.54, 1.807) is 6.92 Å². The fourth-order valence-corrected chi connectivity index (χ4v) is 6.28. The van der Waals surface area contributed by atoms with E-state index in [1.165, 1.54) is 0 Å². The Morgan fingerprint density at radius 2 is 1.19 bits per heavy atom. The lowest BCUT2D eigenvalue weighted by molar-refractivity contribution is -0.135. The molecular weight excluding hydrogens is 670 g/mol. The highest BCUT2D eigenvalue weighted by atomic mass is 16.6. The lowest BCUT2D eigenvalue weighted by Gasteiger charge is -2.28. The number of nitrogens with zero attached hydrogens (tertiary/aromatic N) is 1. The second-order valence-electron chi connectivity index (χ2n) is 15.8. The fraction of sp³-hybridized carbons (Fsp3) is 0.595. The Hall–Kier alpha value is -4.09. The highest BCUT2D eigenvalue weighted by Gasteiger charge is 2.50. The second kappa shape index (κ2) is 21.6. The van der Waals surface area contributed by atoms with Crippen molar-refractivity contribution in [2.45, 2.75) is 122 Å². The van der Waals surface area contributed by atoms with Gasteiger partial charge in [-0.1, -0.05) is 94.8 Å². The van der Waals surface area contributed by atoms with E-state index < -0.39 is 47.5 Å². The molecule has 53 heavy (non-hydrogen) atoms. The molecule has 5 atom stereocenters. The van der Waals surface area contributed by atoms with Crippen LogP contribution >= 0.6 is 0 Å². The molecule has 2 aromatic rings. The monoisotopic (exact) mass is 733 g/mol. The number of carbonyl (C=O) groups is 5. The van der Waals surface area contributed by atoms with Gasteiger partial charge in [0, 0.05) is 12.8 Å². The quantitative estimate of drug-likeness (QED) is 0.0925. The minimum absolute atomic E-state index is 0.0271. The average molecular weight is 734 g/mol. The number of nitrogens with one attached hydrogen (secondary N) is 4. The number of epoxide rings is 1. The summed E-state index contributed by atoms with van der Waals surface area (Å²) in [5.74, 6) is -1.70. The standard InChI is InChI=1S/C42H63N5O6/c1-29(2)25-34(38(49)42(5)28-53-42)44-41(52)36(27-32-19-13-9-14-20-32)46-40(51)35(26-30(3)4)45-39(50)33(23-22-31-17-11-8-12-18-31)43-37(48)21-15-10-16-24-47(6)7/h8-9,11-14,17-20,29-30,33-36H,10,15-16,21-28H2,1-7H3,(H,43,48)(H,44,52)(H,45,50)(H,46,51)/t33-,34-,35-,36-,42+/m0/s1. The van der Waals surface area contributed by atoms with Gasteiger partial charge in [-0.3, -0.25) is 24.0 Å². The van der Waals surface area contributed by atoms with Crippen molar-refractivity contribution in [2.24, 2.45) is 11.8 Å². The molecule has 11 nitrogen and oxygen atoms in total. The summed E-state index contributed by atoms with van der Waals surface area (Å²) in [4.78, 5) is 70.5. The number of hydrogen-bond acceptors (Lipinski definition) is 7. The number of amides is 4. The molecular formula is C42H63N5O6. The Kier molecular flexibility index (Phi) is 17.6. The number of unbranched alkanes of at least 4 members (excludes halogenated alkanes) is 2.